The minimum atomic E-state index is 0.588. The number of pyridine rings is 1. The van der Waals surface area contributed by atoms with Crippen molar-refractivity contribution in [3.63, 3.8) is 0 Å². The van der Waals surface area contributed by atoms with Crippen LogP contribution in [0.3, 0.4) is 0 Å². The molecule has 126 valence electrons. The highest BCUT2D eigenvalue weighted by atomic mass is 16.5. The average Bonchev–Trinajstić information content (AvgIpc) is 3.22. The summed E-state index contributed by atoms with van der Waals surface area (Å²) in [6.07, 6.45) is 9.28. The van der Waals surface area contributed by atoms with E-state index >= 15 is 0 Å². The van der Waals surface area contributed by atoms with Gasteiger partial charge in [-0.25, -0.2) is 0 Å². The fourth-order valence-electron chi connectivity index (χ4n) is 4.62. The lowest BCUT2D eigenvalue weighted by Gasteiger charge is -2.40. The highest BCUT2D eigenvalue weighted by Gasteiger charge is 2.40. The van der Waals surface area contributed by atoms with Crippen LogP contribution in [0.1, 0.15) is 31.2 Å². The maximum absolute atomic E-state index is 5.52. The van der Waals surface area contributed by atoms with Crippen LogP contribution in [0.4, 0.5) is 0 Å². The maximum Gasteiger partial charge on any atom is 0.0507 e. The fourth-order valence-corrected chi connectivity index (χ4v) is 4.62. The Kier molecular flexibility index (Phi) is 4.65. The molecule has 0 aromatic carbocycles. The van der Waals surface area contributed by atoms with Gasteiger partial charge in [-0.1, -0.05) is 6.07 Å². The molecule has 0 amide bonds. The largest absolute Gasteiger partial charge is 0.381 e. The lowest BCUT2D eigenvalue weighted by atomic mass is 9.77. The van der Waals surface area contributed by atoms with Crippen LogP contribution >= 0.6 is 0 Å². The minimum absolute atomic E-state index is 0.588. The second-order valence-electron chi connectivity index (χ2n) is 7.85. The van der Waals surface area contributed by atoms with Crippen LogP contribution in [0, 0.1) is 11.3 Å². The molecule has 0 saturated carbocycles. The van der Waals surface area contributed by atoms with Gasteiger partial charge in [0.05, 0.1) is 6.61 Å². The highest BCUT2D eigenvalue weighted by molar-refractivity contribution is 5.09. The van der Waals surface area contributed by atoms with Crippen LogP contribution < -0.4 is 0 Å². The quantitative estimate of drug-likeness (QED) is 0.853. The average molecular weight is 315 g/mol. The van der Waals surface area contributed by atoms with Gasteiger partial charge in [0.25, 0.3) is 0 Å². The van der Waals surface area contributed by atoms with Crippen molar-refractivity contribution in [1.29, 1.82) is 0 Å². The van der Waals surface area contributed by atoms with E-state index in [0.717, 1.165) is 25.7 Å². The van der Waals surface area contributed by atoms with Gasteiger partial charge in [-0.3, -0.25) is 9.88 Å². The van der Waals surface area contributed by atoms with E-state index in [1.165, 1.54) is 64.0 Å². The Labute approximate surface area is 139 Å². The van der Waals surface area contributed by atoms with Gasteiger partial charge in [-0.05, 0) is 68.3 Å². The Hall–Kier alpha value is -0.970. The SMILES string of the molecule is c1cncc(CN2CCC3(CCN(CC4CCOC4)CC3)C2)c1. The summed E-state index contributed by atoms with van der Waals surface area (Å²) in [6.45, 7) is 9.41. The number of aromatic nitrogens is 1. The number of hydrogen-bond acceptors (Lipinski definition) is 4. The summed E-state index contributed by atoms with van der Waals surface area (Å²) in [6, 6.07) is 4.25. The van der Waals surface area contributed by atoms with Crippen molar-refractivity contribution in [3.8, 4) is 0 Å². The third kappa shape index (κ3) is 3.76. The van der Waals surface area contributed by atoms with Gasteiger partial charge in [-0.2, -0.15) is 0 Å². The topological polar surface area (TPSA) is 28.6 Å². The van der Waals surface area contributed by atoms with Crippen molar-refractivity contribution in [1.82, 2.24) is 14.8 Å². The van der Waals surface area contributed by atoms with Crippen molar-refractivity contribution in [2.24, 2.45) is 11.3 Å². The Balaban J connectivity index is 1.26. The summed E-state index contributed by atoms with van der Waals surface area (Å²) < 4.78 is 5.52. The second kappa shape index (κ2) is 6.88. The summed E-state index contributed by atoms with van der Waals surface area (Å²) in [4.78, 5) is 9.57. The maximum atomic E-state index is 5.52. The van der Waals surface area contributed by atoms with Gasteiger partial charge in [0.15, 0.2) is 0 Å². The van der Waals surface area contributed by atoms with E-state index in [1.54, 1.807) is 0 Å². The summed E-state index contributed by atoms with van der Waals surface area (Å²) in [5, 5.41) is 0. The molecule has 4 rings (SSSR count). The number of rotatable bonds is 4. The monoisotopic (exact) mass is 315 g/mol. The summed E-state index contributed by atoms with van der Waals surface area (Å²) in [5.74, 6) is 0.787. The fraction of sp³-hybridized carbons (Fsp3) is 0.737. The third-order valence-electron chi connectivity index (χ3n) is 6.10. The lowest BCUT2D eigenvalue weighted by Crippen LogP contribution is -2.43. The van der Waals surface area contributed by atoms with E-state index in [2.05, 4.69) is 20.9 Å². The van der Waals surface area contributed by atoms with Crippen molar-refractivity contribution in [2.75, 3.05) is 45.9 Å². The van der Waals surface area contributed by atoms with Crippen LogP contribution in [0.25, 0.3) is 0 Å². The first-order valence-electron chi connectivity index (χ1n) is 9.23. The predicted molar refractivity (Wildman–Crippen MR) is 91.2 cm³/mol. The molecule has 3 fully saturated rings. The molecule has 0 N–H and O–H groups in total. The molecule has 1 aromatic heterocycles. The van der Waals surface area contributed by atoms with Crippen molar-refractivity contribution < 1.29 is 4.74 Å². The standard InChI is InChI=1S/C19H29N3O/c1-2-17(12-20-7-1)13-22-10-6-19(16-22)4-8-21(9-5-19)14-18-3-11-23-15-18/h1-2,7,12,18H,3-6,8-11,13-16H2. The normalized spacial score (nSPS) is 28.6. The minimum Gasteiger partial charge on any atom is -0.381 e. The Morgan fingerprint density at radius 1 is 1.17 bits per heavy atom. The molecule has 23 heavy (non-hydrogen) atoms. The third-order valence-corrected chi connectivity index (χ3v) is 6.10. The van der Waals surface area contributed by atoms with E-state index in [9.17, 15) is 0 Å². The van der Waals surface area contributed by atoms with Crippen LogP contribution in [0.15, 0.2) is 24.5 Å². The zero-order valence-corrected chi connectivity index (χ0v) is 14.1. The van der Waals surface area contributed by atoms with Crippen molar-refractivity contribution >= 4 is 0 Å². The smallest absolute Gasteiger partial charge is 0.0507 e. The number of likely N-dealkylation sites (tertiary alicyclic amines) is 2. The zero-order chi connectivity index (χ0) is 15.5. The van der Waals surface area contributed by atoms with Gasteiger partial charge < -0.3 is 9.64 Å². The molecular weight excluding hydrogens is 286 g/mol. The number of ether oxygens (including phenoxy) is 1. The molecule has 0 bridgehead atoms. The van der Waals surface area contributed by atoms with Crippen LogP contribution in [-0.2, 0) is 11.3 Å². The number of nitrogens with zero attached hydrogens (tertiary/aromatic N) is 3. The van der Waals surface area contributed by atoms with Crippen LogP contribution in [-0.4, -0.2) is 60.7 Å². The van der Waals surface area contributed by atoms with Crippen LogP contribution in [0.5, 0.6) is 0 Å². The molecule has 1 atom stereocenters. The van der Waals surface area contributed by atoms with E-state index in [-0.39, 0.29) is 0 Å². The first-order chi connectivity index (χ1) is 11.3. The van der Waals surface area contributed by atoms with Crippen LogP contribution in [0.2, 0.25) is 0 Å². The number of piperidine rings is 1. The molecule has 3 aliphatic heterocycles. The molecule has 4 heteroatoms. The first kappa shape index (κ1) is 15.6. The van der Waals surface area contributed by atoms with E-state index in [0.29, 0.717) is 5.41 Å². The molecule has 3 saturated heterocycles. The van der Waals surface area contributed by atoms with Gasteiger partial charge in [0.1, 0.15) is 0 Å². The zero-order valence-electron chi connectivity index (χ0n) is 14.1. The Morgan fingerprint density at radius 3 is 2.70 bits per heavy atom. The van der Waals surface area contributed by atoms with Gasteiger partial charge in [0, 0.05) is 38.6 Å². The van der Waals surface area contributed by atoms with Crippen molar-refractivity contribution in [3.05, 3.63) is 30.1 Å². The summed E-state index contributed by atoms with van der Waals surface area (Å²) in [5.41, 5.74) is 1.94. The first-order valence-corrected chi connectivity index (χ1v) is 9.23. The van der Waals surface area contributed by atoms with Gasteiger partial charge in [0.2, 0.25) is 0 Å². The highest BCUT2D eigenvalue weighted by Crippen LogP contribution is 2.41. The van der Waals surface area contributed by atoms with Gasteiger partial charge in [-0.15, -0.1) is 0 Å². The van der Waals surface area contributed by atoms with Crippen molar-refractivity contribution in [2.45, 2.75) is 32.2 Å². The Morgan fingerprint density at radius 2 is 2.00 bits per heavy atom. The molecule has 1 unspecified atom stereocenters. The molecule has 0 aliphatic carbocycles. The molecule has 1 spiro atoms. The number of hydrogen-bond donors (Lipinski definition) is 0. The molecule has 1 aromatic rings. The Bertz CT molecular complexity index is 493. The van der Waals surface area contributed by atoms with Gasteiger partial charge >= 0.3 is 0 Å². The molecule has 3 aliphatic rings. The van der Waals surface area contributed by atoms with E-state index in [4.69, 9.17) is 4.74 Å². The lowest BCUT2D eigenvalue weighted by molar-refractivity contribution is 0.0906. The molecule has 4 heterocycles. The van der Waals surface area contributed by atoms with E-state index < -0.39 is 0 Å². The summed E-state index contributed by atoms with van der Waals surface area (Å²) in [7, 11) is 0. The molecule has 4 nitrogen and oxygen atoms in total. The molecule has 0 radical (unpaired) electrons. The predicted octanol–water partition coefficient (Wildman–Crippen LogP) is 2.41. The molecular formula is C19H29N3O. The second-order valence-corrected chi connectivity index (χ2v) is 7.85. The van der Waals surface area contributed by atoms with E-state index in [1.807, 2.05) is 18.5 Å². The summed E-state index contributed by atoms with van der Waals surface area (Å²) >= 11 is 0.